The Morgan fingerprint density at radius 1 is 1.16 bits per heavy atom. The van der Waals surface area contributed by atoms with Gasteiger partial charge in [-0.1, -0.05) is 64.8 Å². The molecule has 100 valence electrons. The van der Waals surface area contributed by atoms with Crippen LogP contribution in [0.2, 0.25) is 5.02 Å². The monoisotopic (exact) mass is 337 g/mol. The van der Waals surface area contributed by atoms with Gasteiger partial charge in [-0.3, -0.25) is 0 Å². The van der Waals surface area contributed by atoms with Crippen LogP contribution in [0.25, 0.3) is 0 Å². The molecule has 0 aromatic heterocycles. The van der Waals surface area contributed by atoms with Crippen molar-refractivity contribution in [1.82, 2.24) is 5.32 Å². The highest BCUT2D eigenvalue weighted by Crippen LogP contribution is 2.22. The summed E-state index contributed by atoms with van der Waals surface area (Å²) in [4.78, 5) is 0. The lowest BCUT2D eigenvalue weighted by Gasteiger charge is -2.18. The standard InChI is InChI=1S/C16H17BrClN/c1-2-16(12-7-5-8-14(17)10-12)19-11-13-6-3-4-9-15(13)18/h3-10,16,19H,2,11H2,1H3. The minimum atomic E-state index is 0.341. The van der Waals surface area contributed by atoms with Crippen molar-refractivity contribution in [3.05, 3.63) is 69.2 Å². The van der Waals surface area contributed by atoms with Gasteiger partial charge in [-0.15, -0.1) is 0 Å². The highest BCUT2D eigenvalue weighted by molar-refractivity contribution is 9.10. The maximum absolute atomic E-state index is 6.17. The highest BCUT2D eigenvalue weighted by Gasteiger charge is 2.09. The first-order valence-electron chi connectivity index (χ1n) is 6.43. The second kappa shape index (κ2) is 7.09. The van der Waals surface area contributed by atoms with E-state index < -0.39 is 0 Å². The van der Waals surface area contributed by atoms with Gasteiger partial charge in [0.1, 0.15) is 0 Å². The number of nitrogens with one attached hydrogen (secondary N) is 1. The second-order valence-electron chi connectivity index (χ2n) is 4.49. The minimum Gasteiger partial charge on any atom is -0.306 e. The molecule has 3 heteroatoms. The summed E-state index contributed by atoms with van der Waals surface area (Å²) in [6.45, 7) is 2.97. The zero-order valence-electron chi connectivity index (χ0n) is 10.9. The summed E-state index contributed by atoms with van der Waals surface area (Å²) in [7, 11) is 0. The van der Waals surface area contributed by atoms with Gasteiger partial charge in [0, 0.05) is 22.1 Å². The molecule has 0 aliphatic heterocycles. The van der Waals surface area contributed by atoms with Crippen LogP contribution in [0, 0.1) is 0 Å². The van der Waals surface area contributed by atoms with Gasteiger partial charge >= 0.3 is 0 Å². The van der Waals surface area contributed by atoms with Crippen LogP contribution >= 0.6 is 27.5 Å². The quantitative estimate of drug-likeness (QED) is 0.775. The molecule has 0 spiro atoms. The maximum atomic E-state index is 6.17. The highest BCUT2D eigenvalue weighted by atomic mass is 79.9. The molecule has 0 saturated heterocycles. The number of benzene rings is 2. The van der Waals surface area contributed by atoms with Gasteiger partial charge in [0.15, 0.2) is 0 Å². The van der Waals surface area contributed by atoms with Crippen molar-refractivity contribution in [2.24, 2.45) is 0 Å². The average molecular weight is 339 g/mol. The van der Waals surface area contributed by atoms with E-state index in [-0.39, 0.29) is 0 Å². The summed E-state index contributed by atoms with van der Waals surface area (Å²) in [5, 5.41) is 4.38. The molecule has 0 aliphatic carbocycles. The van der Waals surface area contributed by atoms with Crippen LogP contribution in [0.1, 0.15) is 30.5 Å². The number of halogens is 2. The molecule has 1 N–H and O–H groups in total. The lowest BCUT2D eigenvalue weighted by molar-refractivity contribution is 0.519. The molecule has 0 fully saturated rings. The van der Waals surface area contributed by atoms with E-state index in [2.05, 4.69) is 52.4 Å². The van der Waals surface area contributed by atoms with Crippen LogP contribution in [0.15, 0.2) is 53.0 Å². The fourth-order valence-corrected chi connectivity index (χ4v) is 2.72. The molecular weight excluding hydrogens is 322 g/mol. The first-order valence-corrected chi connectivity index (χ1v) is 7.60. The van der Waals surface area contributed by atoms with Crippen molar-refractivity contribution in [2.75, 3.05) is 0 Å². The number of hydrogen-bond acceptors (Lipinski definition) is 1. The van der Waals surface area contributed by atoms with Crippen molar-refractivity contribution >= 4 is 27.5 Å². The van der Waals surface area contributed by atoms with Gasteiger partial charge < -0.3 is 5.32 Å². The Morgan fingerprint density at radius 2 is 1.95 bits per heavy atom. The zero-order valence-corrected chi connectivity index (χ0v) is 13.2. The lowest BCUT2D eigenvalue weighted by Crippen LogP contribution is -2.20. The maximum Gasteiger partial charge on any atom is 0.0450 e. The SMILES string of the molecule is CCC(NCc1ccccc1Cl)c1cccc(Br)c1. The molecule has 19 heavy (non-hydrogen) atoms. The zero-order chi connectivity index (χ0) is 13.7. The molecule has 2 aromatic carbocycles. The van der Waals surface area contributed by atoms with Crippen LogP contribution in [0.3, 0.4) is 0 Å². The van der Waals surface area contributed by atoms with E-state index in [0.29, 0.717) is 6.04 Å². The van der Waals surface area contributed by atoms with Crippen molar-refractivity contribution in [3.8, 4) is 0 Å². The molecule has 0 saturated carbocycles. The molecule has 2 aromatic rings. The summed E-state index contributed by atoms with van der Waals surface area (Å²) >= 11 is 9.69. The third-order valence-electron chi connectivity index (χ3n) is 3.16. The Labute approximate surface area is 128 Å². The summed E-state index contributed by atoms with van der Waals surface area (Å²) in [6.07, 6.45) is 1.04. The molecule has 0 radical (unpaired) electrons. The topological polar surface area (TPSA) is 12.0 Å². The third-order valence-corrected chi connectivity index (χ3v) is 4.02. The van der Waals surface area contributed by atoms with E-state index in [4.69, 9.17) is 11.6 Å². The van der Waals surface area contributed by atoms with Gasteiger partial charge in [-0.2, -0.15) is 0 Å². The summed E-state index contributed by atoms with van der Waals surface area (Å²) < 4.78 is 1.11. The van der Waals surface area contributed by atoms with E-state index in [9.17, 15) is 0 Å². The molecule has 0 bridgehead atoms. The normalized spacial score (nSPS) is 12.4. The van der Waals surface area contributed by atoms with Gasteiger partial charge in [-0.25, -0.2) is 0 Å². The van der Waals surface area contributed by atoms with Gasteiger partial charge in [-0.05, 0) is 35.7 Å². The first-order chi connectivity index (χ1) is 9.20. The Bertz CT molecular complexity index is 542. The summed E-state index contributed by atoms with van der Waals surface area (Å²) in [6, 6.07) is 16.7. The fraction of sp³-hybridized carbons (Fsp3) is 0.250. The largest absolute Gasteiger partial charge is 0.306 e. The molecule has 1 atom stereocenters. The van der Waals surface area contributed by atoms with Gasteiger partial charge in [0.25, 0.3) is 0 Å². The van der Waals surface area contributed by atoms with Crippen LogP contribution in [0.5, 0.6) is 0 Å². The smallest absolute Gasteiger partial charge is 0.0450 e. The Balaban J connectivity index is 2.06. The predicted octanol–water partition coefficient (Wildman–Crippen LogP) is 5.34. The van der Waals surface area contributed by atoms with Crippen molar-refractivity contribution in [1.29, 1.82) is 0 Å². The van der Waals surface area contributed by atoms with E-state index in [1.165, 1.54) is 5.56 Å². The van der Waals surface area contributed by atoms with E-state index in [1.54, 1.807) is 0 Å². The molecule has 0 aliphatic rings. The summed E-state index contributed by atoms with van der Waals surface area (Å²) in [5.74, 6) is 0. The Hall–Kier alpha value is -0.830. The predicted molar refractivity (Wildman–Crippen MR) is 85.5 cm³/mol. The van der Waals surface area contributed by atoms with Crippen molar-refractivity contribution < 1.29 is 0 Å². The van der Waals surface area contributed by atoms with E-state index in [0.717, 1.165) is 28.0 Å². The molecule has 1 nitrogen and oxygen atoms in total. The number of hydrogen-bond donors (Lipinski definition) is 1. The summed E-state index contributed by atoms with van der Waals surface area (Å²) in [5.41, 5.74) is 2.43. The lowest BCUT2D eigenvalue weighted by atomic mass is 10.0. The van der Waals surface area contributed by atoms with E-state index in [1.807, 2.05) is 24.3 Å². The van der Waals surface area contributed by atoms with Crippen LogP contribution in [-0.4, -0.2) is 0 Å². The molecular formula is C16H17BrClN. The average Bonchev–Trinajstić information content (AvgIpc) is 2.41. The van der Waals surface area contributed by atoms with Crippen LogP contribution in [0.4, 0.5) is 0 Å². The third kappa shape index (κ3) is 4.07. The minimum absolute atomic E-state index is 0.341. The molecule has 0 heterocycles. The Morgan fingerprint density at radius 3 is 2.63 bits per heavy atom. The Kier molecular flexibility index (Phi) is 5.44. The second-order valence-corrected chi connectivity index (χ2v) is 5.81. The van der Waals surface area contributed by atoms with Crippen molar-refractivity contribution in [2.45, 2.75) is 25.9 Å². The van der Waals surface area contributed by atoms with Crippen LogP contribution < -0.4 is 5.32 Å². The van der Waals surface area contributed by atoms with Crippen molar-refractivity contribution in [3.63, 3.8) is 0 Å². The first kappa shape index (κ1) is 14.6. The van der Waals surface area contributed by atoms with Crippen LogP contribution in [-0.2, 0) is 6.54 Å². The van der Waals surface area contributed by atoms with E-state index >= 15 is 0 Å². The molecule has 0 amide bonds. The molecule has 2 rings (SSSR count). The van der Waals surface area contributed by atoms with Gasteiger partial charge in [0.2, 0.25) is 0 Å². The van der Waals surface area contributed by atoms with Gasteiger partial charge in [0.05, 0.1) is 0 Å². The number of rotatable bonds is 5. The fourth-order valence-electron chi connectivity index (χ4n) is 2.10. The molecule has 1 unspecified atom stereocenters.